The monoisotopic (exact) mass is 201 g/mol. The first-order valence-electron chi connectivity index (χ1n) is 3.65. The third-order valence-corrected chi connectivity index (χ3v) is 2.19. The van der Waals surface area contributed by atoms with Crippen LogP contribution in [0.3, 0.4) is 0 Å². The van der Waals surface area contributed by atoms with E-state index >= 15 is 0 Å². The molecule has 0 amide bonds. The van der Waals surface area contributed by atoms with Crippen LogP contribution in [-0.2, 0) is 0 Å². The molecule has 2 N–H and O–H groups in total. The van der Waals surface area contributed by atoms with Gasteiger partial charge in [0.2, 0.25) is 0 Å². The average molecular weight is 201 g/mol. The SMILES string of the molecule is Cc1sc(NN(C)C)nc1C(=O)O. The van der Waals surface area contributed by atoms with Gasteiger partial charge in [0, 0.05) is 19.0 Å². The zero-order valence-electron chi connectivity index (χ0n) is 7.66. The van der Waals surface area contributed by atoms with Gasteiger partial charge in [-0.1, -0.05) is 0 Å². The molecule has 0 bridgehead atoms. The molecule has 0 spiro atoms. The van der Waals surface area contributed by atoms with E-state index in [0.29, 0.717) is 10.0 Å². The second-order valence-corrected chi connectivity index (χ2v) is 3.94. The Kier molecular flexibility index (Phi) is 2.84. The number of thiazole rings is 1. The zero-order chi connectivity index (χ0) is 10.0. The normalized spacial score (nSPS) is 10.5. The molecular formula is C7H11N3O2S. The average Bonchev–Trinajstić information content (AvgIpc) is 2.29. The molecule has 6 heteroatoms. The van der Waals surface area contributed by atoms with Gasteiger partial charge in [-0.15, -0.1) is 11.3 Å². The number of rotatable bonds is 3. The molecule has 0 radical (unpaired) electrons. The second-order valence-electron chi connectivity index (χ2n) is 2.74. The molecule has 13 heavy (non-hydrogen) atoms. The Bertz CT molecular complexity index is 322. The van der Waals surface area contributed by atoms with Crippen molar-refractivity contribution in [2.24, 2.45) is 0 Å². The summed E-state index contributed by atoms with van der Waals surface area (Å²) >= 11 is 1.33. The number of hydrogen-bond donors (Lipinski definition) is 2. The van der Waals surface area contributed by atoms with Crippen LogP contribution in [0.4, 0.5) is 5.13 Å². The molecule has 0 unspecified atom stereocenters. The maximum atomic E-state index is 10.6. The minimum Gasteiger partial charge on any atom is -0.476 e. The Balaban J connectivity index is 2.89. The predicted molar refractivity (Wildman–Crippen MR) is 51.1 cm³/mol. The van der Waals surface area contributed by atoms with E-state index in [9.17, 15) is 4.79 Å². The van der Waals surface area contributed by atoms with Gasteiger partial charge in [-0.05, 0) is 6.92 Å². The largest absolute Gasteiger partial charge is 0.476 e. The first kappa shape index (κ1) is 9.94. The molecule has 1 rings (SSSR count). The number of carboxylic acid groups (broad SMARTS) is 1. The molecule has 0 saturated carbocycles. The Morgan fingerprint density at radius 1 is 1.62 bits per heavy atom. The van der Waals surface area contributed by atoms with Crippen LogP contribution in [0.1, 0.15) is 15.4 Å². The maximum Gasteiger partial charge on any atom is 0.355 e. The van der Waals surface area contributed by atoms with E-state index in [2.05, 4.69) is 10.4 Å². The molecule has 0 aromatic carbocycles. The summed E-state index contributed by atoms with van der Waals surface area (Å²) in [5.41, 5.74) is 3.02. The number of hydrazine groups is 1. The van der Waals surface area contributed by atoms with Crippen LogP contribution in [-0.4, -0.2) is 35.2 Å². The molecule has 1 aromatic heterocycles. The van der Waals surface area contributed by atoms with Gasteiger partial charge in [0.1, 0.15) is 0 Å². The number of aromatic carboxylic acids is 1. The first-order chi connectivity index (χ1) is 6.00. The van der Waals surface area contributed by atoms with E-state index < -0.39 is 5.97 Å². The highest BCUT2D eigenvalue weighted by atomic mass is 32.1. The summed E-state index contributed by atoms with van der Waals surface area (Å²) in [7, 11) is 3.63. The number of nitrogens with one attached hydrogen (secondary N) is 1. The summed E-state index contributed by atoms with van der Waals surface area (Å²) in [5, 5.41) is 11.0. The zero-order valence-corrected chi connectivity index (χ0v) is 8.47. The van der Waals surface area contributed by atoms with Crippen LogP contribution < -0.4 is 5.43 Å². The van der Waals surface area contributed by atoms with E-state index in [1.165, 1.54) is 11.3 Å². The fourth-order valence-electron chi connectivity index (χ4n) is 0.834. The van der Waals surface area contributed by atoms with Gasteiger partial charge in [0.05, 0.1) is 0 Å². The molecule has 0 aliphatic carbocycles. The lowest BCUT2D eigenvalue weighted by molar-refractivity contribution is 0.0690. The van der Waals surface area contributed by atoms with Crippen LogP contribution in [0.5, 0.6) is 0 Å². The van der Waals surface area contributed by atoms with Crippen molar-refractivity contribution >= 4 is 22.4 Å². The van der Waals surface area contributed by atoms with E-state index in [0.717, 1.165) is 0 Å². The summed E-state index contributed by atoms with van der Waals surface area (Å²) in [6.07, 6.45) is 0. The maximum absolute atomic E-state index is 10.6. The molecule has 0 aliphatic rings. The number of carbonyl (C=O) groups is 1. The summed E-state index contributed by atoms with van der Waals surface area (Å²) in [6.45, 7) is 1.74. The number of carboxylic acids is 1. The molecular weight excluding hydrogens is 190 g/mol. The number of aromatic nitrogens is 1. The molecule has 1 heterocycles. The molecule has 1 aromatic rings. The Hall–Kier alpha value is -1.14. The van der Waals surface area contributed by atoms with E-state index in [1.807, 2.05) is 14.1 Å². The third-order valence-electron chi connectivity index (χ3n) is 1.32. The molecule has 5 nitrogen and oxygen atoms in total. The Morgan fingerprint density at radius 3 is 2.62 bits per heavy atom. The Morgan fingerprint density at radius 2 is 2.23 bits per heavy atom. The van der Waals surface area contributed by atoms with Crippen molar-refractivity contribution in [1.29, 1.82) is 0 Å². The minimum atomic E-state index is -0.986. The van der Waals surface area contributed by atoms with Crippen LogP contribution in [0.25, 0.3) is 0 Å². The number of nitrogens with zero attached hydrogens (tertiary/aromatic N) is 2. The fourth-order valence-corrected chi connectivity index (χ4v) is 1.72. The lowest BCUT2D eigenvalue weighted by Gasteiger charge is -2.08. The van der Waals surface area contributed by atoms with Gasteiger partial charge in [-0.2, -0.15) is 0 Å². The van der Waals surface area contributed by atoms with Gasteiger partial charge in [0.15, 0.2) is 10.8 Å². The third kappa shape index (κ3) is 2.40. The molecule has 0 atom stereocenters. The summed E-state index contributed by atoms with van der Waals surface area (Å²) < 4.78 is 0. The number of hydrogen-bond acceptors (Lipinski definition) is 5. The number of aryl methyl sites for hydroxylation is 1. The van der Waals surface area contributed by atoms with Gasteiger partial charge in [-0.3, -0.25) is 5.43 Å². The topological polar surface area (TPSA) is 65.5 Å². The molecule has 0 fully saturated rings. The lowest BCUT2D eigenvalue weighted by atomic mass is 10.4. The van der Waals surface area contributed by atoms with Crippen molar-refractivity contribution in [3.63, 3.8) is 0 Å². The van der Waals surface area contributed by atoms with Crippen molar-refractivity contribution in [3.05, 3.63) is 10.6 Å². The minimum absolute atomic E-state index is 0.120. The van der Waals surface area contributed by atoms with Crippen molar-refractivity contribution in [3.8, 4) is 0 Å². The molecule has 72 valence electrons. The van der Waals surface area contributed by atoms with Gasteiger partial charge in [0.25, 0.3) is 0 Å². The van der Waals surface area contributed by atoms with Crippen LogP contribution in [0.2, 0.25) is 0 Å². The fraction of sp³-hybridized carbons (Fsp3) is 0.429. The van der Waals surface area contributed by atoms with E-state index in [-0.39, 0.29) is 5.69 Å². The highest BCUT2D eigenvalue weighted by molar-refractivity contribution is 7.15. The van der Waals surface area contributed by atoms with Crippen molar-refractivity contribution < 1.29 is 9.90 Å². The summed E-state index contributed by atoms with van der Waals surface area (Å²) in [5.74, 6) is -0.986. The van der Waals surface area contributed by atoms with Gasteiger partial charge in [-0.25, -0.2) is 14.8 Å². The van der Waals surface area contributed by atoms with E-state index in [4.69, 9.17) is 5.11 Å². The molecule has 0 saturated heterocycles. The van der Waals surface area contributed by atoms with E-state index in [1.54, 1.807) is 11.9 Å². The van der Waals surface area contributed by atoms with Crippen LogP contribution >= 0.6 is 11.3 Å². The predicted octanol–water partition coefficient (Wildman–Crippen LogP) is 1.04. The first-order valence-corrected chi connectivity index (χ1v) is 4.47. The van der Waals surface area contributed by atoms with Gasteiger partial charge >= 0.3 is 5.97 Å². The highest BCUT2D eigenvalue weighted by Crippen LogP contribution is 2.21. The summed E-state index contributed by atoms with van der Waals surface area (Å²) in [6, 6.07) is 0. The quantitative estimate of drug-likeness (QED) is 0.715. The smallest absolute Gasteiger partial charge is 0.355 e. The second kappa shape index (κ2) is 3.71. The summed E-state index contributed by atoms with van der Waals surface area (Å²) in [4.78, 5) is 15.2. The van der Waals surface area contributed by atoms with Crippen LogP contribution in [0.15, 0.2) is 0 Å². The highest BCUT2D eigenvalue weighted by Gasteiger charge is 2.13. The Labute approximate surface area is 80.0 Å². The molecule has 0 aliphatic heterocycles. The van der Waals surface area contributed by atoms with Crippen LogP contribution in [0, 0.1) is 6.92 Å². The van der Waals surface area contributed by atoms with Crippen molar-refractivity contribution in [2.45, 2.75) is 6.92 Å². The lowest BCUT2D eigenvalue weighted by Crippen LogP contribution is -2.19. The van der Waals surface area contributed by atoms with Gasteiger partial charge < -0.3 is 5.11 Å². The van der Waals surface area contributed by atoms with Crippen molar-refractivity contribution in [1.82, 2.24) is 9.99 Å². The standard InChI is InChI=1S/C7H11N3O2S/c1-4-5(6(11)12)8-7(13-4)9-10(2)3/h1-3H3,(H,8,9)(H,11,12). The number of anilines is 1. The van der Waals surface area contributed by atoms with Crippen molar-refractivity contribution in [2.75, 3.05) is 19.5 Å².